The normalized spacial score (nSPS) is 20.4. The Kier molecular flexibility index (Phi) is 4.80. The summed E-state index contributed by atoms with van der Waals surface area (Å²) in [4.78, 5) is 30.9. The number of benzene rings is 1. The Morgan fingerprint density at radius 1 is 1.38 bits per heavy atom. The van der Waals surface area contributed by atoms with Crippen molar-refractivity contribution in [2.75, 3.05) is 5.32 Å². The average molecular weight is 331 g/mol. The van der Waals surface area contributed by atoms with Gasteiger partial charge in [-0.25, -0.2) is 9.78 Å². The molecular weight excluding hydrogens is 310 g/mol. The number of rotatable bonds is 6. The second-order valence-electron chi connectivity index (χ2n) is 6.04. The smallest absolute Gasteiger partial charge is 0.332 e. The highest BCUT2D eigenvalue weighted by Gasteiger charge is 2.34. The van der Waals surface area contributed by atoms with E-state index in [1.807, 2.05) is 12.1 Å². The van der Waals surface area contributed by atoms with Crippen LogP contribution in [-0.4, -0.2) is 39.2 Å². The number of ether oxygens (including phenoxy) is 1. The molecule has 24 heavy (non-hydrogen) atoms. The summed E-state index contributed by atoms with van der Waals surface area (Å²) in [5.41, 5.74) is 2.37. The standard InChI is InChI=1S/C17H21N3O4/c1-2-3-4-15-19-11-6-5-10(9-12(11)20-15)18-16(21)13-7-8-14(24-13)17(22)23/h5-6,9,13-14H,2-4,7-8H2,1H3,(H,18,21)(H,19,20)(H,22,23)/t13-,14+/m0/s1. The lowest BCUT2D eigenvalue weighted by Crippen LogP contribution is -2.29. The Labute approximate surface area is 139 Å². The van der Waals surface area contributed by atoms with E-state index in [0.717, 1.165) is 36.1 Å². The maximum atomic E-state index is 12.2. The first kappa shape index (κ1) is 16.4. The van der Waals surface area contributed by atoms with Gasteiger partial charge in [-0.1, -0.05) is 13.3 Å². The molecule has 2 atom stereocenters. The van der Waals surface area contributed by atoms with E-state index in [1.165, 1.54) is 0 Å². The molecule has 0 spiro atoms. The second-order valence-corrected chi connectivity index (χ2v) is 6.04. The first-order valence-corrected chi connectivity index (χ1v) is 8.24. The largest absolute Gasteiger partial charge is 0.479 e. The zero-order valence-electron chi connectivity index (χ0n) is 13.5. The molecule has 1 aliphatic heterocycles. The van der Waals surface area contributed by atoms with Gasteiger partial charge in [-0.3, -0.25) is 4.79 Å². The van der Waals surface area contributed by atoms with Crippen LogP contribution in [0.1, 0.15) is 38.4 Å². The number of H-pyrrole nitrogens is 1. The van der Waals surface area contributed by atoms with Gasteiger partial charge < -0.3 is 20.1 Å². The monoisotopic (exact) mass is 331 g/mol. The zero-order chi connectivity index (χ0) is 17.1. The van der Waals surface area contributed by atoms with Gasteiger partial charge in [0.25, 0.3) is 5.91 Å². The number of fused-ring (bicyclic) bond motifs is 1. The number of carboxylic acid groups (broad SMARTS) is 1. The fraction of sp³-hybridized carbons (Fsp3) is 0.471. The average Bonchev–Trinajstić information content (AvgIpc) is 3.19. The van der Waals surface area contributed by atoms with E-state index in [1.54, 1.807) is 6.07 Å². The third-order valence-electron chi connectivity index (χ3n) is 4.15. The number of nitrogens with zero attached hydrogens (tertiary/aromatic N) is 1. The molecule has 7 heteroatoms. The van der Waals surface area contributed by atoms with E-state index in [9.17, 15) is 9.59 Å². The van der Waals surface area contributed by atoms with Crippen molar-refractivity contribution in [3.8, 4) is 0 Å². The van der Waals surface area contributed by atoms with Crippen molar-refractivity contribution in [1.82, 2.24) is 9.97 Å². The van der Waals surface area contributed by atoms with Gasteiger partial charge in [0.15, 0.2) is 6.10 Å². The molecule has 1 aliphatic rings. The Morgan fingerprint density at radius 2 is 2.17 bits per heavy atom. The number of aromatic nitrogens is 2. The predicted octanol–water partition coefficient (Wildman–Crippen LogP) is 2.48. The van der Waals surface area contributed by atoms with Gasteiger partial charge in [-0.2, -0.15) is 0 Å². The minimum atomic E-state index is -1.02. The third kappa shape index (κ3) is 3.56. The summed E-state index contributed by atoms with van der Waals surface area (Å²) >= 11 is 0. The predicted molar refractivity (Wildman–Crippen MR) is 88.9 cm³/mol. The fourth-order valence-corrected chi connectivity index (χ4v) is 2.84. The summed E-state index contributed by atoms with van der Waals surface area (Å²) in [5.74, 6) is -0.397. The number of unbranched alkanes of at least 4 members (excludes halogenated alkanes) is 1. The number of amides is 1. The zero-order valence-corrected chi connectivity index (χ0v) is 13.5. The molecule has 0 saturated carbocycles. The van der Waals surface area contributed by atoms with Crippen LogP contribution < -0.4 is 5.32 Å². The van der Waals surface area contributed by atoms with Crippen molar-refractivity contribution in [3.63, 3.8) is 0 Å². The van der Waals surface area contributed by atoms with Gasteiger partial charge in [0.05, 0.1) is 11.0 Å². The summed E-state index contributed by atoms with van der Waals surface area (Å²) in [6, 6.07) is 5.47. The number of carbonyl (C=O) groups excluding carboxylic acids is 1. The van der Waals surface area contributed by atoms with Crippen LogP contribution in [0.25, 0.3) is 11.0 Å². The number of aryl methyl sites for hydroxylation is 1. The number of imidazole rings is 1. The van der Waals surface area contributed by atoms with E-state index in [4.69, 9.17) is 9.84 Å². The Morgan fingerprint density at radius 3 is 2.88 bits per heavy atom. The summed E-state index contributed by atoms with van der Waals surface area (Å²) in [7, 11) is 0. The van der Waals surface area contributed by atoms with E-state index in [0.29, 0.717) is 18.5 Å². The minimum Gasteiger partial charge on any atom is -0.479 e. The highest BCUT2D eigenvalue weighted by atomic mass is 16.5. The Hall–Kier alpha value is -2.41. The maximum absolute atomic E-state index is 12.2. The van der Waals surface area contributed by atoms with E-state index in [2.05, 4.69) is 22.2 Å². The number of carboxylic acids is 1. The number of carbonyl (C=O) groups is 2. The quantitative estimate of drug-likeness (QED) is 0.754. The molecule has 0 radical (unpaired) electrons. The van der Waals surface area contributed by atoms with E-state index in [-0.39, 0.29) is 5.91 Å². The molecule has 1 aromatic carbocycles. The van der Waals surface area contributed by atoms with Crippen LogP contribution >= 0.6 is 0 Å². The molecule has 1 saturated heterocycles. The first-order chi connectivity index (χ1) is 11.6. The molecule has 1 fully saturated rings. The van der Waals surface area contributed by atoms with Gasteiger partial charge in [-0.15, -0.1) is 0 Å². The van der Waals surface area contributed by atoms with Crippen LogP contribution in [0.5, 0.6) is 0 Å². The summed E-state index contributed by atoms with van der Waals surface area (Å²) < 4.78 is 5.26. The highest BCUT2D eigenvalue weighted by molar-refractivity contribution is 5.96. The van der Waals surface area contributed by atoms with Crippen molar-refractivity contribution in [1.29, 1.82) is 0 Å². The summed E-state index contributed by atoms with van der Waals surface area (Å²) in [6.45, 7) is 2.14. The maximum Gasteiger partial charge on any atom is 0.332 e. The van der Waals surface area contributed by atoms with Gasteiger partial charge in [-0.05, 0) is 37.5 Å². The highest BCUT2D eigenvalue weighted by Crippen LogP contribution is 2.23. The number of anilines is 1. The van der Waals surface area contributed by atoms with Crippen molar-refractivity contribution in [2.45, 2.75) is 51.2 Å². The van der Waals surface area contributed by atoms with Gasteiger partial charge in [0.2, 0.25) is 0 Å². The van der Waals surface area contributed by atoms with Crippen LogP contribution in [0.3, 0.4) is 0 Å². The van der Waals surface area contributed by atoms with Crippen molar-refractivity contribution < 1.29 is 19.4 Å². The van der Waals surface area contributed by atoms with Crippen LogP contribution in [0, 0.1) is 0 Å². The topological polar surface area (TPSA) is 104 Å². The molecule has 2 aromatic rings. The molecule has 128 valence electrons. The number of hydrogen-bond acceptors (Lipinski definition) is 4. The van der Waals surface area contributed by atoms with Gasteiger partial charge >= 0.3 is 5.97 Å². The lowest BCUT2D eigenvalue weighted by molar-refractivity contribution is -0.150. The number of hydrogen-bond donors (Lipinski definition) is 3. The number of nitrogens with one attached hydrogen (secondary N) is 2. The van der Waals surface area contributed by atoms with Crippen molar-refractivity contribution in [3.05, 3.63) is 24.0 Å². The molecule has 1 aromatic heterocycles. The second kappa shape index (κ2) is 7.00. The summed E-state index contributed by atoms with van der Waals surface area (Å²) in [5, 5.41) is 11.7. The van der Waals surface area contributed by atoms with Crippen LogP contribution in [-0.2, 0) is 20.7 Å². The molecule has 3 rings (SSSR count). The first-order valence-electron chi connectivity index (χ1n) is 8.24. The van der Waals surface area contributed by atoms with Crippen LogP contribution in [0.15, 0.2) is 18.2 Å². The fourth-order valence-electron chi connectivity index (χ4n) is 2.84. The summed E-state index contributed by atoms with van der Waals surface area (Å²) in [6.07, 6.45) is 2.24. The molecule has 3 N–H and O–H groups in total. The van der Waals surface area contributed by atoms with Gasteiger partial charge in [0.1, 0.15) is 11.9 Å². The van der Waals surface area contributed by atoms with E-state index >= 15 is 0 Å². The molecule has 7 nitrogen and oxygen atoms in total. The number of aromatic amines is 1. The van der Waals surface area contributed by atoms with E-state index < -0.39 is 18.2 Å². The third-order valence-corrected chi connectivity index (χ3v) is 4.15. The molecule has 0 unspecified atom stereocenters. The van der Waals surface area contributed by atoms with Crippen molar-refractivity contribution in [2.24, 2.45) is 0 Å². The van der Waals surface area contributed by atoms with Crippen LogP contribution in [0.4, 0.5) is 5.69 Å². The lowest BCUT2D eigenvalue weighted by Gasteiger charge is -2.11. The molecule has 2 heterocycles. The lowest BCUT2D eigenvalue weighted by atomic mass is 10.2. The number of aliphatic carboxylic acids is 1. The Bertz CT molecular complexity index is 755. The van der Waals surface area contributed by atoms with Crippen molar-refractivity contribution >= 4 is 28.6 Å². The molecular formula is C17H21N3O4. The minimum absolute atomic E-state index is 0.316. The molecule has 0 bridgehead atoms. The SMILES string of the molecule is CCCCc1nc2ccc(NC(=O)[C@@H]3CC[C@H](C(=O)O)O3)cc2[nH]1. The molecule has 0 aliphatic carbocycles. The molecule has 1 amide bonds. The van der Waals surface area contributed by atoms with Gasteiger partial charge in [0, 0.05) is 12.1 Å². The Balaban J connectivity index is 1.66. The van der Waals surface area contributed by atoms with Crippen LogP contribution in [0.2, 0.25) is 0 Å².